The maximum atomic E-state index is 13.5. The van der Waals surface area contributed by atoms with Gasteiger partial charge in [0.25, 0.3) is 5.91 Å². The van der Waals surface area contributed by atoms with E-state index in [1.807, 2.05) is 0 Å². The smallest absolute Gasteiger partial charge is 0.319 e. The highest BCUT2D eigenvalue weighted by Gasteiger charge is 2.07. The number of carbonyl (C=O) groups is 3. The molecule has 8 heteroatoms. The Labute approximate surface area is 162 Å². The van der Waals surface area contributed by atoms with Gasteiger partial charge in [0.15, 0.2) is 0 Å². The summed E-state index contributed by atoms with van der Waals surface area (Å²) in [7, 11) is 0. The normalized spacial score (nSPS) is 10.1. The summed E-state index contributed by atoms with van der Waals surface area (Å²) in [6.45, 7) is 3.82. The fraction of sp³-hybridized carbons (Fsp3) is 0.250. The van der Waals surface area contributed by atoms with E-state index in [1.54, 1.807) is 50.2 Å². The molecule has 7 nitrogen and oxygen atoms in total. The van der Waals surface area contributed by atoms with E-state index in [-0.39, 0.29) is 24.9 Å². The van der Waals surface area contributed by atoms with Crippen molar-refractivity contribution in [3.05, 3.63) is 59.4 Å². The third-order valence-corrected chi connectivity index (χ3v) is 3.88. The first-order valence-corrected chi connectivity index (χ1v) is 8.88. The van der Waals surface area contributed by atoms with Crippen LogP contribution in [0.4, 0.5) is 20.6 Å². The van der Waals surface area contributed by atoms with Gasteiger partial charge in [-0.3, -0.25) is 9.59 Å². The Hall–Kier alpha value is -3.42. The lowest BCUT2D eigenvalue weighted by Gasteiger charge is -2.10. The number of hydrogen-bond donors (Lipinski definition) is 4. The van der Waals surface area contributed by atoms with Crippen LogP contribution in [0, 0.1) is 12.7 Å². The Morgan fingerprint density at radius 1 is 0.893 bits per heavy atom. The Kier molecular flexibility index (Phi) is 7.50. The number of nitrogens with one attached hydrogen (secondary N) is 4. The summed E-state index contributed by atoms with van der Waals surface area (Å²) in [5.74, 6) is -0.795. The number of rotatable bonds is 7. The van der Waals surface area contributed by atoms with E-state index in [0.29, 0.717) is 28.9 Å². The lowest BCUT2D eigenvalue weighted by Crippen LogP contribution is -2.36. The molecule has 0 aliphatic heterocycles. The molecule has 0 radical (unpaired) electrons. The van der Waals surface area contributed by atoms with Crippen LogP contribution in [0.25, 0.3) is 0 Å². The van der Waals surface area contributed by atoms with Crippen LogP contribution in [0.2, 0.25) is 0 Å². The highest BCUT2D eigenvalue weighted by Crippen LogP contribution is 2.13. The van der Waals surface area contributed by atoms with Gasteiger partial charge in [0.1, 0.15) is 5.82 Å². The number of hydrogen-bond acceptors (Lipinski definition) is 3. The molecule has 28 heavy (non-hydrogen) atoms. The number of aryl methyl sites for hydroxylation is 1. The molecule has 2 rings (SSSR count). The van der Waals surface area contributed by atoms with Crippen molar-refractivity contribution in [3.8, 4) is 0 Å². The summed E-state index contributed by atoms with van der Waals surface area (Å²) in [5.41, 5.74) is 1.90. The molecule has 0 spiro atoms. The average molecular weight is 386 g/mol. The van der Waals surface area contributed by atoms with Crippen LogP contribution in [0.15, 0.2) is 42.5 Å². The first kappa shape index (κ1) is 20.9. The van der Waals surface area contributed by atoms with Crippen molar-refractivity contribution in [2.75, 3.05) is 23.7 Å². The number of benzene rings is 2. The van der Waals surface area contributed by atoms with Gasteiger partial charge in [-0.1, -0.05) is 13.0 Å². The molecule has 0 saturated carbocycles. The van der Waals surface area contributed by atoms with Crippen molar-refractivity contribution in [2.45, 2.75) is 20.3 Å². The molecule has 0 unspecified atom stereocenters. The standard InChI is InChI=1S/C20H23FN4O3/c1-3-18(26)24-15-8-5-14(6-9-15)19(27)22-10-11-23-20(28)25-16-7-4-13(2)17(21)12-16/h4-9,12H,3,10-11H2,1-2H3,(H,22,27)(H,24,26)(H2,23,25,28). The van der Waals surface area contributed by atoms with Gasteiger partial charge in [0, 0.05) is 36.4 Å². The summed E-state index contributed by atoms with van der Waals surface area (Å²) in [6, 6.07) is 10.4. The van der Waals surface area contributed by atoms with Crippen molar-refractivity contribution < 1.29 is 18.8 Å². The molecule has 4 amide bonds. The molecular weight excluding hydrogens is 363 g/mol. The van der Waals surface area contributed by atoms with Crippen LogP contribution in [-0.4, -0.2) is 30.9 Å². The van der Waals surface area contributed by atoms with E-state index in [9.17, 15) is 18.8 Å². The van der Waals surface area contributed by atoms with Crippen molar-refractivity contribution in [1.82, 2.24) is 10.6 Å². The van der Waals surface area contributed by atoms with Crippen molar-refractivity contribution in [2.24, 2.45) is 0 Å². The number of urea groups is 1. The number of carbonyl (C=O) groups excluding carboxylic acids is 3. The van der Waals surface area contributed by atoms with Gasteiger partial charge >= 0.3 is 6.03 Å². The fourth-order valence-corrected chi connectivity index (χ4v) is 2.25. The van der Waals surface area contributed by atoms with E-state index >= 15 is 0 Å². The number of halogens is 1. The summed E-state index contributed by atoms with van der Waals surface area (Å²) in [5, 5.41) is 10.5. The molecule has 0 fully saturated rings. The van der Waals surface area contributed by atoms with Gasteiger partial charge < -0.3 is 21.3 Å². The second-order valence-corrected chi connectivity index (χ2v) is 6.08. The van der Waals surface area contributed by atoms with E-state index in [2.05, 4.69) is 21.3 Å². The molecule has 4 N–H and O–H groups in total. The SMILES string of the molecule is CCC(=O)Nc1ccc(C(=O)NCCNC(=O)Nc2ccc(C)c(F)c2)cc1. The van der Waals surface area contributed by atoms with Crippen molar-refractivity contribution >= 4 is 29.2 Å². The zero-order chi connectivity index (χ0) is 20.5. The van der Waals surface area contributed by atoms with Gasteiger partial charge in [-0.15, -0.1) is 0 Å². The molecule has 0 aromatic heterocycles. The van der Waals surface area contributed by atoms with Crippen LogP contribution >= 0.6 is 0 Å². The highest BCUT2D eigenvalue weighted by molar-refractivity contribution is 5.95. The Morgan fingerprint density at radius 2 is 1.54 bits per heavy atom. The van der Waals surface area contributed by atoms with Crippen molar-refractivity contribution in [3.63, 3.8) is 0 Å². The highest BCUT2D eigenvalue weighted by atomic mass is 19.1. The average Bonchev–Trinajstić information content (AvgIpc) is 2.68. The molecule has 0 aliphatic carbocycles. The van der Waals surface area contributed by atoms with E-state index in [0.717, 1.165) is 0 Å². The second-order valence-electron chi connectivity index (χ2n) is 6.08. The molecule has 0 atom stereocenters. The minimum atomic E-state index is -0.492. The van der Waals surface area contributed by atoms with Gasteiger partial charge in [0.2, 0.25) is 5.91 Å². The van der Waals surface area contributed by atoms with Crippen LogP contribution in [0.1, 0.15) is 29.3 Å². The zero-order valence-corrected chi connectivity index (χ0v) is 15.8. The van der Waals surface area contributed by atoms with Gasteiger partial charge in [-0.2, -0.15) is 0 Å². The fourth-order valence-electron chi connectivity index (χ4n) is 2.25. The minimum Gasteiger partial charge on any atom is -0.350 e. The topological polar surface area (TPSA) is 99.3 Å². The first-order valence-electron chi connectivity index (χ1n) is 8.88. The maximum absolute atomic E-state index is 13.5. The lowest BCUT2D eigenvalue weighted by atomic mass is 10.2. The lowest BCUT2D eigenvalue weighted by molar-refractivity contribution is -0.115. The van der Waals surface area contributed by atoms with Crippen LogP contribution < -0.4 is 21.3 Å². The minimum absolute atomic E-state index is 0.102. The molecule has 148 valence electrons. The molecule has 2 aromatic rings. The molecule has 0 saturated heterocycles. The van der Waals surface area contributed by atoms with Crippen LogP contribution in [0.5, 0.6) is 0 Å². The third kappa shape index (κ3) is 6.39. The molecule has 2 aromatic carbocycles. The van der Waals surface area contributed by atoms with Crippen LogP contribution in [0.3, 0.4) is 0 Å². The maximum Gasteiger partial charge on any atom is 0.319 e. The summed E-state index contributed by atoms with van der Waals surface area (Å²) in [4.78, 5) is 35.2. The largest absolute Gasteiger partial charge is 0.350 e. The van der Waals surface area contributed by atoms with E-state index < -0.39 is 11.8 Å². The predicted molar refractivity (Wildman–Crippen MR) is 106 cm³/mol. The molecule has 0 aliphatic rings. The van der Waals surface area contributed by atoms with E-state index in [4.69, 9.17) is 0 Å². The Bertz CT molecular complexity index is 853. The van der Waals surface area contributed by atoms with Gasteiger partial charge in [-0.25, -0.2) is 9.18 Å². The zero-order valence-electron chi connectivity index (χ0n) is 15.8. The molecule has 0 heterocycles. The van der Waals surface area contributed by atoms with Gasteiger partial charge in [-0.05, 0) is 48.9 Å². The summed E-state index contributed by atoms with van der Waals surface area (Å²) < 4.78 is 13.5. The quantitative estimate of drug-likeness (QED) is 0.551. The number of amides is 4. The second kappa shape index (κ2) is 10.1. The first-order chi connectivity index (χ1) is 13.4. The Balaban J connectivity index is 1.72. The molecular formula is C20H23FN4O3. The molecule has 0 bridgehead atoms. The number of anilines is 2. The monoisotopic (exact) mass is 386 g/mol. The predicted octanol–water partition coefficient (Wildman–Crippen LogP) is 3.03. The van der Waals surface area contributed by atoms with Crippen LogP contribution in [-0.2, 0) is 4.79 Å². The third-order valence-electron chi connectivity index (χ3n) is 3.88. The Morgan fingerprint density at radius 3 is 2.18 bits per heavy atom. The van der Waals surface area contributed by atoms with E-state index in [1.165, 1.54) is 6.07 Å². The van der Waals surface area contributed by atoms with Gasteiger partial charge in [0.05, 0.1) is 0 Å². The summed E-state index contributed by atoms with van der Waals surface area (Å²) in [6.07, 6.45) is 0.377. The summed E-state index contributed by atoms with van der Waals surface area (Å²) >= 11 is 0. The van der Waals surface area contributed by atoms with Crippen molar-refractivity contribution in [1.29, 1.82) is 0 Å².